The molecule has 0 aliphatic rings. The molecule has 0 aliphatic heterocycles. The first-order valence-electron chi connectivity index (χ1n) is 8.06. The quantitative estimate of drug-likeness (QED) is 0.491. The van der Waals surface area contributed by atoms with E-state index in [9.17, 15) is 19.2 Å². The Kier molecular flexibility index (Phi) is 7.42. The molecule has 2 rings (SSSR count). The smallest absolute Gasteiger partial charge is 0.449 e. The molecule has 144 valence electrons. The van der Waals surface area contributed by atoms with E-state index in [-0.39, 0.29) is 36.8 Å². The van der Waals surface area contributed by atoms with E-state index in [0.717, 1.165) is 0 Å². The number of carbonyl (C=O) groups is 3. The molecule has 1 unspecified atom stereocenters. The van der Waals surface area contributed by atoms with Crippen molar-refractivity contribution in [2.24, 2.45) is 0 Å². The standard InChI is InChI=1S/C18H18O8S/c1-11-15(26-17(21)24-11)10-23-18(22)27-12(2)14(19)8-9-16(20)25-13-6-4-3-5-7-13/h3-7,12H,8-10H2,1-2H3. The van der Waals surface area contributed by atoms with Crippen LogP contribution in [-0.4, -0.2) is 22.3 Å². The number of carbonyl (C=O) groups excluding carboxylic acids is 3. The van der Waals surface area contributed by atoms with Crippen molar-refractivity contribution in [3.63, 3.8) is 0 Å². The highest BCUT2D eigenvalue weighted by Crippen LogP contribution is 2.19. The van der Waals surface area contributed by atoms with Gasteiger partial charge < -0.3 is 18.3 Å². The van der Waals surface area contributed by atoms with Crippen LogP contribution in [0.15, 0.2) is 44.0 Å². The Morgan fingerprint density at radius 1 is 1.11 bits per heavy atom. The zero-order chi connectivity index (χ0) is 19.8. The van der Waals surface area contributed by atoms with Crippen LogP contribution in [0.1, 0.15) is 31.3 Å². The summed E-state index contributed by atoms with van der Waals surface area (Å²) in [5, 5.41) is -1.40. The third-order valence-corrected chi connectivity index (χ3v) is 4.36. The van der Waals surface area contributed by atoms with Crippen LogP contribution < -0.4 is 10.6 Å². The second kappa shape index (κ2) is 9.77. The Bertz CT molecular complexity index is 852. The molecule has 8 nitrogen and oxygen atoms in total. The molecular weight excluding hydrogens is 376 g/mol. The van der Waals surface area contributed by atoms with Gasteiger partial charge in [-0.25, -0.2) is 9.59 Å². The number of para-hydroxylation sites is 1. The van der Waals surface area contributed by atoms with E-state index in [0.29, 0.717) is 17.5 Å². The van der Waals surface area contributed by atoms with Gasteiger partial charge >= 0.3 is 17.1 Å². The van der Waals surface area contributed by atoms with Crippen LogP contribution in [0.5, 0.6) is 5.75 Å². The number of hydrogen-bond donors (Lipinski definition) is 0. The molecule has 9 heteroatoms. The average Bonchev–Trinajstić information content (AvgIpc) is 2.96. The van der Waals surface area contributed by atoms with Crippen LogP contribution in [0, 0.1) is 6.92 Å². The first-order chi connectivity index (χ1) is 12.8. The van der Waals surface area contributed by atoms with Gasteiger partial charge in [0.05, 0.1) is 11.7 Å². The van der Waals surface area contributed by atoms with Gasteiger partial charge in [0.25, 0.3) is 0 Å². The van der Waals surface area contributed by atoms with Gasteiger partial charge in [0.15, 0.2) is 18.1 Å². The summed E-state index contributed by atoms with van der Waals surface area (Å²) in [6.45, 7) is 2.77. The molecule has 1 heterocycles. The van der Waals surface area contributed by atoms with Crippen LogP contribution >= 0.6 is 11.8 Å². The Morgan fingerprint density at radius 2 is 1.81 bits per heavy atom. The minimum absolute atomic E-state index is 0.0528. The summed E-state index contributed by atoms with van der Waals surface area (Å²) in [7, 11) is 0. The second-order valence-corrected chi connectivity index (χ2v) is 6.76. The normalized spacial score (nSPS) is 11.6. The van der Waals surface area contributed by atoms with Gasteiger partial charge in [-0.1, -0.05) is 18.2 Å². The second-order valence-electron chi connectivity index (χ2n) is 5.49. The minimum atomic E-state index is -0.878. The van der Waals surface area contributed by atoms with Gasteiger partial charge in [-0.3, -0.25) is 9.59 Å². The lowest BCUT2D eigenvalue weighted by molar-refractivity contribution is -0.136. The van der Waals surface area contributed by atoms with Crippen molar-refractivity contribution in [2.45, 2.75) is 38.5 Å². The SMILES string of the molecule is Cc1oc(=O)oc1COC(=O)SC(C)C(=O)CCC(=O)Oc1ccccc1. The summed E-state index contributed by atoms with van der Waals surface area (Å²) >= 11 is 0.682. The number of ketones is 1. The van der Waals surface area contributed by atoms with E-state index >= 15 is 0 Å². The molecule has 0 N–H and O–H groups in total. The number of rotatable bonds is 8. The molecule has 27 heavy (non-hydrogen) atoms. The topological polar surface area (TPSA) is 113 Å². The monoisotopic (exact) mass is 394 g/mol. The molecule has 1 aromatic heterocycles. The largest absolute Gasteiger partial charge is 0.519 e. The van der Waals surface area contributed by atoms with E-state index < -0.39 is 22.3 Å². The van der Waals surface area contributed by atoms with E-state index in [1.807, 2.05) is 0 Å². The molecule has 0 spiro atoms. The van der Waals surface area contributed by atoms with Crippen LogP contribution in [0.25, 0.3) is 0 Å². The summed E-state index contributed by atoms with van der Waals surface area (Å²) < 4.78 is 19.4. The van der Waals surface area contributed by atoms with Crippen molar-refractivity contribution in [1.29, 1.82) is 0 Å². The van der Waals surface area contributed by atoms with Crippen molar-refractivity contribution in [2.75, 3.05) is 0 Å². The number of esters is 1. The van der Waals surface area contributed by atoms with E-state index in [2.05, 4.69) is 4.42 Å². The number of hydrogen-bond acceptors (Lipinski definition) is 9. The zero-order valence-corrected chi connectivity index (χ0v) is 15.6. The van der Waals surface area contributed by atoms with Gasteiger partial charge in [-0.2, -0.15) is 0 Å². The fraction of sp³-hybridized carbons (Fsp3) is 0.333. The van der Waals surface area contributed by atoms with Crippen LogP contribution in [-0.2, 0) is 20.9 Å². The Labute approximate surface area is 158 Å². The maximum atomic E-state index is 12.1. The molecule has 1 aromatic carbocycles. The molecular formula is C18H18O8S. The Balaban J connectivity index is 1.71. The van der Waals surface area contributed by atoms with Gasteiger partial charge in [0, 0.05) is 6.42 Å². The van der Waals surface area contributed by atoms with Crippen LogP contribution in [0.4, 0.5) is 4.79 Å². The molecule has 2 aromatic rings. The highest BCUT2D eigenvalue weighted by Gasteiger charge is 2.21. The number of Topliss-reactive ketones (excluding diaryl/α,β-unsaturated/α-hetero) is 1. The lowest BCUT2D eigenvalue weighted by Crippen LogP contribution is -2.18. The summed E-state index contributed by atoms with van der Waals surface area (Å²) in [6, 6.07) is 8.53. The third kappa shape index (κ3) is 6.78. The van der Waals surface area contributed by atoms with Crippen molar-refractivity contribution >= 4 is 28.8 Å². The van der Waals surface area contributed by atoms with Crippen molar-refractivity contribution in [1.82, 2.24) is 0 Å². The first-order valence-corrected chi connectivity index (χ1v) is 8.94. The molecule has 0 aliphatic carbocycles. The lowest BCUT2D eigenvalue weighted by atomic mass is 10.2. The molecule has 0 amide bonds. The first kappa shape index (κ1) is 20.5. The fourth-order valence-electron chi connectivity index (χ4n) is 1.97. The fourth-order valence-corrected chi connectivity index (χ4v) is 2.64. The van der Waals surface area contributed by atoms with Gasteiger partial charge in [-0.05, 0) is 37.7 Å². The van der Waals surface area contributed by atoms with E-state index in [1.165, 1.54) is 6.92 Å². The maximum Gasteiger partial charge on any atom is 0.519 e. The molecule has 0 radical (unpaired) electrons. The number of thioether (sulfide) groups is 1. The number of benzene rings is 1. The van der Waals surface area contributed by atoms with Crippen molar-refractivity contribution < 1.29 is 32.7 Å². The molecule has 0 fully saturated rings. The van der Waals surface area contributed by atoms with Gasteiger partial charge in [0.2, 0.25) is 0 Å². The minimum Gasteiger partial charge on any atom is -0.449 e. The Hall–Kier alpha value is -2.81. The average molecular weight is 394 g/mol. The zero-order valence-electron chi connectivity index (χ0n) is 14.8. The molecule has 0 bridgehead atoms. The van der Waals surface area contributed by atoms with Crippen LogP contribution in [0.3, 0.4) is 0 Å². The molecule has 0 saturated carbocycles. The Morgan fingerprint density at radius 3 is 2.44 bits per heavy atom. The summed E-state index contributed by atoms with van der Waals surface area (Å²) in [4.78, 5) is 46.5. The van der Waals surface area contributed by atoms with Gasteiger partial charge in [-0.15, -0.1) is 0 Å². The third-order valence-electron chi connectivity index (χ3n) is 3.43. The maximum absolute atomic E-state index is 12.1. The van der Waals surface area contributed by atoms with E-state index in [4.69, 9.17) is 13.9 Å². The summed E-state index contributed by atoms with van der Waals surface area (Å²) in [6.07, 6.45) is -0.143. The predicted octanol–water partition coefficient (Wildman–Crippen LogP) is 3.25. The van der Waals surface area contributed by atoms with Gasteiger partial charge in [0.1, 0.15) is 11.5 Å². The van der Waals surface area contributed by atoms with E-state index in [1.54, 1.807) is 37.3 Å². The van der Waals surface area contributed by atoms with Crippen LogP contribution in [0.2, 0.25) is 0 Å². The number of ether oxygens (including phenoxy) is 2. The molecule has 0 saturated heterocycles. The summed E-state index contributed by atoms with van der Waals surface area (Å²) in [5.41, 5.74) is 0. The predicted molar refractivity (Wildman–Crippen MR) is 95.5 cm³/mol. The van der Waals surface area contributed by atoms with Crippen molar-refractivity contribution in [3.8, 4) is 5.75 Å². The van der Waals surface area contributed by atoms with Crippen molar-refractivity contribution in [3.05, 3.63) is 52.5 Å². The summed E-state index contributed by atoms with van der Waals surface area (Å²) in [5.74, 6) is -0.956. The molecule has 1 atom stereocenters. The highest BCUT2D eigenvalue weighted by molar-refractivity contribution is 8.14. The lowest BCUT2D eigenvalue weighted by Gasteiger charge is -2.09. The highest BCUT2D eigenvalue weighted by atomic mass is 32.2. The number of aryl methyl sites for hydroxylation is 1.